The summed E-state index contributed by atoms with van der Waals surface area (Å²) in [6.07, 6.45) is 3.68. The number of carbonyl (C=O) groups is 1. The summed E-state index contributed by atoms with van der Waals surface area (Å²) in [5.41, 5.74) is 1.26. The minimum absolute atomic E-state index is 0.0565. The summed E-state index contributed by atoms with van der Waals surface area (Å²) < 4.78 is 14.9. The molecule has 2 aromatic rings. The lowest BCUT2D eigenvalue weighted by atomic mass is 10.1. The summed E-state index contributed by atoms with van der Waals surface area (Å²) in [6, 6.07) is 6.56. The number of hydrogen-bond donors (Lipinski definition) is 2. The lowest BCUT2D eigenvalue weighted by Gasteiger charge is -2.25. The van der Waals surface area contributed by atoms with E-state index in [9.17, 15) is 9.18 Å². The van der Waals surface area contributed by atoms with Gasteiger partial charge in [-0.05, 0) is 57.7 Å². The molecule has 0 aliphatic carbocycles. The van der Waals surface area contributed by atoms with Gasteiger partial charge in [0.15, 0.2) is 5.69 Å². The number of nitrogens with zero attached hydrogens (tertiary/aromatic N) is 4. The van der Waals surface area contributed by atoms with Crippen molar-refractivity contribution in [2.24, 2.45) is 0 Å². The highest BCUT2D eigenvalue weighted by atomic mass is 19.1. The Balaban J connectivity index is 1.61. The molecule has 2 N–H and O–H groups in total. The van der Waals surface area contributed by atoms with Gasteiger partial charge in [0.1, 0.15) is 5.82 Å². The van der Waals surface area contributed by atoms with Crippen molar-refractivity contribution in [2.45, 2.75) is 24.9 Å². The summed E-state index contributed by atoms with van der Waals surface area (Å²) in [7, 11) is 3.85. The lowest BCUT2D eigenvalue weighted by Crippen LogP contribution is -2.34. The van der Waals surface area contributed by atoms with Crippen LogP contribution in [0, 0.1) is 5.82 Å². The van der Waals surface area contributed by atoms with Crippen LogP contribution in [0.5, 0.6) is 0 Å². The second-order valence-electron chi connectivity index (χ2n) is 6.81. The van der Waals surface area contributed by atoms with Crippen molar-refractivity contribution >= 4 is 5.91 Å². The monoisotopic (exact) mass is 360 g/mol. The molecule has 7 nitrogen and oxygen atoms in total. The fourth-order valence-electron chi connectivity index (χ4n) is 3.19. The molecule has 1 aromatic heterocycles. The van der Waals surface area contributed by atoms with E-state index in [2.05, 4.69) is 20.9 Å². The Bertz CT molecular complexity index is 724. The Kier molecular flexibility index (Phi) is 5.95. The molecule has 3 rings (SSSR count). The third-order valence-electron chi connectivity index (χ3n) is 4.76. The van der Waals surface area contributed by atoms with Crippen LogP contribution in [0.3, 0.4) is 0 Å². The zero-order valence-electron chi connectivity index (χ0n) is 15.2. The number of halogens is 1. The lowest BCUT2D eigenvalue weighted by molar-refractivity contribution is 0.0936. The smallest absolute Gasteiger partial charge is 0.273 e. The molecular weight excluding hydrogens is 335 g/mol. The van der Waals surface area contributed by atoms with Gasteiger partial charge in [0.05, 0.1) is 18.3 Å². The van der Waals surface area contributed by atoms with Gasteiger partial charge in [-0.1, -0.05) is 17.3 Å². The molecule has 0 spiro atoms. The van der Waals surface area contributed by atoms with Gasteiger partial charge in [0.2, 0.25) is 0 Å². The van der Waals surface area contributed by atoms with Gasteiger partial charge in [-0.25, -0.2) is 9.07 Å². The van der Waals surface area contributed by atoms with Crippen LogP contribution in [-0.4, -0.2) is 59.5 Å². The summed E-state index contributed by atoms with van der Waals surface area (Å²) in [5.74, 6) is -0.524. The Morgan fingerprint density at radius 1 is 1.35 bits per heavy atom. The zero-order chi connectivity index (χ0) is 18.5. The normalized spacial score (nSPS) is 16.6. The predicted molar refractivity (Wildman–Crippen MR) is 96.3 cm³/mol. The minimum atomic E-state index is -0.273. The maximum atomic E-state index is 13.1. The number of benzene rings is 1. The van der Waals surface area contributed by atoms with Gasteiger partial charge in [0.25, 0.3) is 5.91 Å². The second kappa shape index (κ2) is 8.37. The molecule has 0 saturated carbocycles. The number of likely N-dealkylation sites (N-methyl/N-ethyl adjacent to an activating group) is 1. The van der Waals surface area contributed by atoms with Crippen molar-refractivity contribution < 1.29 is 9.18 Å². The van der Waals surface area contributed by atoms with Crippen LogP contribution in [0.25, 0.3) is 0 Å². The summed E-state index contributed by atoms with van der Waals surface area (Å²) in [4.78, 5) is 14.4. The van der Waals surface area contributed by atoms with Gasteiger partial charge in [-0.2, -0.15) is 0 Å². The molecule has 1 saturated heterocycles. The molecule has 1 atom stereocenters. The van der Waals surface area contributed by atoms with Gasteiger partial charge in [-0.15, -0.1) is 5.10 Å². The summed E-state index contributed by atoms with van der Waals surface area (Å²) in [5, 5.41) is 14.3. The van der Waals surface area contributed by atoms with E-state index in [4.69, 9.17) is 0 Å². The van der Waals surface area contributed by atoms with E-state index >= 15 is 0 Å². The second-order valence-corrected chi connectivity index (χ2v) is 6.81. The molecule has 2 heterocycles. The maximum Gasteiger partial charge on any atom is 0.273 e. The van der Waals surface area contributed by atoms with Crippen molar-refractivity contribution in [1.82, 2.24) is 30.5 Å². The van der Waals surface area contributed by atoms with Gasteiger partial charge in [-0.3, -0.25) is 4.79 Å². The Hall–Kier alpha value is -2.32. The molecule has 1 aliphatic heterocycles. The van der Waals surface area contributed by atoms with Crippen LogP contribution in [0.2, 0.25) is 0 Å². The van der Waals surface area contributed by atoms with E-state index in [1.807, 2.05) is 19.0 Å². The highest BCUT2D eigenvalue weighted by Gasteiger charge is 2.20. The molecular formula is C18H25FN6O. The van der Waals surface area contributed by atoms with E-state index in [1.165, 1.54) is 12.1 Å². The average Bonchev–Trinajstić information content (AvgIpc) is 3.14. The Morgan fingerprint density at radius 3 is 2.69 bits per heavy atom. The Morgan fingerprint density at radius 2 is 2.04 bits per heavy atom. The topological polar surface area (TPSA) is 75.1 Å². The zero-order valence-corrected chi connectivity index (χ0v) is 15.2. The molecule has 0 radical (unpaired) electrons. The molecule has 1 aromatic carbocycles. The summed E-state index contributed by atoms with van der Waals surface area (Å²) in [6.45, 7) is 2.31. The summed E-state index contributed by atoms with van der Waals surface area (Å²) >= 11 is 0. The van der Waals surface area contributed by atoms with E-state index in [0.717, 1.165) is 31.5 Å². The number of nitrogens with one attached hydrogen (secondary N) is 2. The largest absolute Gasteiger partial charge is 0.349 e. The first-order valence-corrected chi connectivity index (χ1v) is 8.87. The number of piperidine rings is 1. The fourth-order valence-corrected chi connectivity index (χ4v) is 3.19. The van der Waals surface area contributed by atoms with Crippen molar-refractivity contribution in [3.63, 3.8) is 0 Å². The number of aromatic nitrogens is 3. The molecule has 1 unspecified atom stereocenters. The third kappa shape index (κ3) is 4.44. The number of amides is 1. The fraction of sp³-hybridized carbons (Fsp3) is 0.500. The third-order valence-corrected chi connectivity index (χ3v) is 4.76. The van der Waals surface area contributed by atoms with E-state index in [-0.39, 0.29) is 17.8 Å². The highest BCUT2D eigenvalue weighted by Crippen LogP contribution is 2.19. The van der Waals surface area contributed by atoms with Crippen LogP contribution in [0.1, 0.15) is 41.0 Å². The molecule has 1 aliphatic rings. The van der Waals surface area contributed by atoms with Crippen molar-refractivity contribution in [3.8, 4) is 0 Å². The molecule has 26 heavy (non-hydrogen) atoms. The highest BCUT2D eigenvalue weighted by molar-refractivity contribution is 5.91. The number of rotatable bonds is 6. The van der Waals surface area contributed by atoms with Crippen LogP contribution in [-0.2, 0) is 0 Å². The van der Waals surface area contributed by atoms with Gasteiger partial charge in [0, 0.05) is 6.54 Å². The van der Waals surface area contributed by atoms with E-state index in [1.54, 1.807) is 23.0 Å². The molecule has 0 bridgehead atoms. The van der Waals surface area contributed by atoms with Crippen molar-refractivity contribution in [2.75, 3.05) is 33.7 Å². The average molecular weight is 360 g/mol. The first-order valence-electron chi connectivity index (χ1n) is 8.87. The maximum absolute atomic E-state index is 13.1. The van der Waals surface area contributed by atoms with Crippen LogP contribution >= 0.6 is 0 Å². The minimum Gasteiger partial charge on any atom is -0.349 e. The standard InChI is InChI=1S/C18H25FN6O/c1-24(2)17(13-3-5-14(19)6-4-13)11-21-18(26)16-12-25(23-22-16)15-7-9-20-10-8-15/h3-6,12,15,17,20H,7-11H2,1-2H3,(H,21,26). The van der Waals surface area contributed by atoms with Crippen LogP contribution < -0.4 is 10.6 Å². The number of hydrogen-bond acceptors (Lipinski definition) is 5. The molecule has 140 valence electrons. The van der Waals surface area contributed by atoms with Crippen LogP contribution in [0.4, 0.5) is 4.39 Å². The quantitative estimate of drug-likeness (QED) is 0.814. The van der Waals surface area contributed by atoms with Gasteiger partial charge < -0.3 is 15.5 Å². The molecule has 1 amide bonds. The van der Waals surface area contributed by atoms with Crippen molar-refractivity contribution in [1.29, 1.82) is 0 Å². The van der Waals surface area contributed by atoms with Gasteiger partial charge >= 0.3 is 0 Å². The predicted octanol–water partition coefficient (Wildman–Crippen LogP) is 1.37. The first kappa shape index (κ1) is 18.5. The molecule has 8 heteroatoms. The first-order chi connectivity index (χ1) is 12.5. The molecule has 1 fully saturated rings. The number of carbonyl (C=O) groups excluding carboxylic acids is 1. The SMILES string of the molecule is CN(C)C(CNC(=O)c1cn(C2CCNCC2)nn1)c1ccc(F)cc1. The van der Waals surface area contributed by atoms with E-state index in [0.29, 0.717) is 18.3 Å². The van der Waals surface area contributed by atoms with Crippen LogP contribution in [0.15, 0.2) is 30.5 Å². The van der Waals surface area contributed by atoms with Crippen molar-refractivity contribution in [3.05, 3.63) is 47.5 Å². The Labute approximate surface area is 152 Å². The van der Waals surface area contributed by atoms with E-state index < -0.39 is 0 Å².